The van der Waals surface area contributed by atoms with E-state index in [0.29, 0.717) is 16.6 Å². The van der Waals surface area contributed by atoms with Gasteiger partial charge in [-0.15, -0.1) is 10.2 Å². The quantitative estimate of drug-likeness (QED) is 0.733. The minimum atomic E-state index is -0.397. The Morgan fingerprint density at radius 3 is 2.92 bits per heavy atom. The number of carbonyl (C=O) groups excluding carboxylic acids is 1. The van der Waals surface area contributed by atoms with Gasteiger partial charge in [0.15, 0.2) is 5.82 Å². The Balaban J connectivity index is 1.69. The Morgan fingerprint density at radius 2 is 2.16 bits per heavy atom. The van der Waals surface area contributed by atoms with E-state index < -0.39 is 5.91 Å². The number of nitrogens with zero attached hydrogens (tertiary/aromatic N) is 5. The molecule has 0 radical (unpaired) electrons. The lowest BCUT2D eigenvalue weighted by molar-refractivity contribution is -0.117. The van der Waals surface area contributed by atoms with Gasteiger partial charge in [0, 0.05) is 11.8 Å². The highest BCUT2D eigenvalue weighted by Gasteiger charge is 2.12. The number of anilines is 1. The first-order valence-corrected chi connectivity index (χ1v) is 7.84. The summed E-state index contributed by atoms with van der Waals surface area (Å²) in [5.41, 5.74) is 0.730. The van der Waals surface area contributed by atoms with Crippen molar-refractivity contribution < 1.29 is 9.53 Å². The fourth-order valence-electron chi connectivity index (χ4n) is 1.99. The molecule has 1 N–H and O–H groups in total. The number of pyridine rings is 1. The van der Waals surface area contributed by atoms with Crippen LogP contribution in [0.15, 0.2) is 36.5 Å². The number of carbonyl (C=O) groups is 1. The molecule has 2 aromatic heterocycles. The van der Waals surface area contributed by atoms with Gasteiger partial charge >= 0.3 is 0 Å². The van der Waals surface area contributed by atoms with Gasteiger partial charge in [0.05, 0.1) is 17.2 Å². The summed E-state index contributed by atoms with van der Waals surface area (Å²) in [6, 6.07) is 8.71. The maximum Gasteiger partial charge on any atom is 0.249 e. The fourth-order valence-corrected chi connectivity index (χ4v) is 2.42. The van der Waals surface area contributed by atoms with Crippen molar-refractivity contribution in [3.8, 4) is 17.1 Å². The molecule has 1 aromatic carbocycles. The van der Waals surface area contributed by atoms with Crippen LogP contribution in [0.3, 0.4) is 0 Å². The summed E-state index contributed by atoms with van der Waals surface area (Å²) in [5, 5.41) is 15.2. The summed E-state index contributed by atoms with van der Waals surface area (Å²) >= 11 is 11.7. The number of ether oxygens (including phenoxy) is 1. The van der Waals surface area contributed by atoms with Crippen LogP contribution in [0.5, 0.6) is 5.75 Å². The molecule has 10 heteroatoms. The third kappa shape index (κ3) is 4.23. The molecule has 0 saturated heterocycles. The standard InChI is InChI=1S/C15H12Cl2N6O2/c1-25-11-4-2-3-9(5-11)14-20-22-23(21-14)8-13(24)19-15-12(17)6-10(16)7-18-15/h2-7H,8H2,1H3,(H,18,19,24). The summed E-state index contributed by atoms with van der Waals surface area (Å²) in [7, 11) is 1.57. The first-order chi connectivity index (χ1) is 12.0. The topological polar surface area (TPSA) is 94.8 Å². The van der Waals surface area contributed by atoms with Crippen molar-refractivity contribution in [2.24, 2.45) is 0 Å². The van der Waals surface area contributed by atoms with Gasteiger partial charge in [-0.3, -0.25) is 4.79 Å². The Labute approximate surface area is 152 Å². The van der Waals surface area contributed by atoms with Crippen molar-refractivity contribution in [3.63, 3.8) is 0 Å². The first kappa shape index (κ1) is 17.1. The molecule has 25 heavy (non-hydrogen) atoms. The smallest absolute Gasteiger partial charge is 0.249 e. The number of amides is 1. The van der Waals surface area contributed by atoms with Crippen molar-refractivity contribution >= 4 is 34.9 Å². The van der Waals surface area contributed by atoms with Gasteiger partial charge in [-0.05, 0) is 23.4 Å². The lowest BCUT2D eigenvalue weighted by Gasteiger charge is -2.05. The number of methoxy groups -OCH3 is 1. The lowest BCUT2D eigenvalue weighted by atomic mass is 10.2. The first-order valence-electron chi connectivity index (χ1n) is 7.08. The average Bonchev–Trinajstić information content (AvgIpc) is 3.06. The maximum atomic E-state index is 12.1. The summed E-state index contributed by atoms with van der Waals surface area (Å²) in [6.07, 6.45) is 1.39. The third-order valence-electron chi connectivity index (χ3n) is 3.13. The molecule has 3 rings (SSSR count). The molecule has 2 heterocycles. The minimum Gasteiger partial charge on any atom is -0.497 e. The Bertz CT molecular complexity index is 915. The number of aromatic nitrogens is 5. The van der Waals surface area contributed by atoms with Gasteiger partial charge in [-0.2, -0.15) is 4.80 Å². The molecule has 0 fully saturated rings. The highest BCUT2D eigenvalue weighted by atomic mass is 35.5. The highest BCUT2D eigenvalue weighted by molar-refractivity contribution is 6.36. The molecule has 128 valence electrons. The number of benzene rings is 1. The van der Waals surface area contributed by atoms with E-state index in [1.807, 2.05) is 18.2 Å². The van der Waals surface area contributed by atoms with E-state index >= 15 is 0 Å². The van der Waals surface area contributed by atoms with Crippen LogP contribution in [0.4, 0.5) is 5.82 Å². The molecule has 3 aromatic rings. The monoisotopic (exact) mass is 378 g/mol. The summed E-state index contributed by atoms with van der Waals surface area (Å²) in [5.74, 6) is 0.875. The predicted molar refractivity (Wildman–Crippen MR) is 92.7 cm³/mol. The highest BCUT2D eigenvalue weighted by Crippen LogP contribution is 2.22. The molecule has 0 bridgehead atoms. The van der Waals surface area contributed by atoms with Crippen LogP contribution in [0.25, 0.3) is 11.4 Å². The zero-order chi connectivity index (χ0) is 17.8. The van der Waals surface area contributed by atoms with Gasteiger partial charge in [0.2, 0.25) is 11.7 Å². The molecule has 1 amide bonds. The normalized spacial score (nSPS) is 10.5. The SMILES string of the molecule is COc1cccc(-c2nnn(CC(=O)Nc3ncc(Cl)cc3Cl)n2)c1. The van der Waals surface area contributed by atoms with Crippen molar-refractivity contribution in [1.82, 2.24) is 25.2 Å². The number of tetrazole rings is 1. The van der Waals surface area contributed by atoms with E-state index in [-0.39, 0.29) is 17.4 Å². The number of halogens is 2. The zero-order valence-corrected chi connectivity index (χ0v) is 14.5. The molecule has 0 saturated carbocycles. The van der Waals surface area contributed by atoms with E-state index in [1.165, 1.54) is 17.1 Å². The Hall–Kier alpha value is -2.71. The van der Waals surface area contributed by atoms with Crippen molar-refractivity contribution in [3.05, 3.63) is 46.6 Å². The van der Waals surface area contributed by atoms with E-state index in [1.54, 1.807) is 13.2 Å². The van der Waals surface area contributed by atoms with Crippen LogP contribution < -0.4 is 10.1 Å². The maximum absolute atomic E-state index is 12.1. The Morgan fingerprint density at radius 1 is 1.32 bits per heavy atom. The van der Waals surface area contributed by atoms with Gasteiger partial charge < -0.3 is 10.1 Å². The molecule has 0 atom stereocenters. The molecule has 8 nitrogen and oxygen atoms in total. The van der Waals surface area contributed by atoms with Crippen LogP contribution >= 0.6 is 23.2 Å². The second kappa shape index (κ2) is 7.45. The largest absolute Gasteiger partial charge is 0.497 e. The second-order valence-corrected chi connectivity index (χ2v) is 5.75. The molecular weight excluding hydrogens is 367 g/mol. The number of hydrogen-bond donors (Lipinski definition) is 1. The summed E-state index contributed by atoms with van der Waals surface area (Å²) < 4.78 is 5.16. The van der Waals surface area contributed by atoms with Crippen molar-refractivity contribution in [2.75, 3.05) is 12.4 Å². The van der Waals surface area contributed by atoms with E-state index in [2.05, 4.69) is 25.7 Å². The van der Waals surface area contributed by atoms with Gasteiger partial charge in [0.25, 0.3) is 0 Å². The molecule has 0 aliphatic rings. The van der Waals surface area contributed by atoms with Gasteiger partial charge in [-0.1, -0.05) is 35.3 Å². The summed E-state index contributed by atoms with van der Waals surface area (Å²) in [6.45, 7) is -0.141. The predicted octanol–water partition coefficient (Wildman–Crippen LogP) is 2.69. The van der Waals surface area contributed by atoms with Crippen LogP contribution in [-0.2, 0) is 11.3 Å². The average molecular weight is 379 g/mol. The van der Waals surface area contributed by atoms with Crippen LogP contribution in [-0.4, -0.2) is 38.2 Å². The Kier molecular flexibility index (Phi) is 5.11. The van der Waals surface area contributed by atoms with Crippen LogP contribution in [0, 0.1) is 0 Å². The van der Waals surface area contributed by atoms with E-state index in [4.69, 9.17) is 27.9 Å². The molecule has 0 aliphatic heterocycles. The molecule has 0 unspecified atom stereocenters. The zero-order valence-electron chi connectivity index (χ0n) is 13.0. The minimum absolute atomic E-state index is 0.141. The number of hydrogen-bond acceptors (Lipinski definition) is 6. The fraction of sp³-hybridized carbons (Fsp3) is 0.133. The van der Waals surface area contributed by atoms with Crippen LogP contribution in [0.2, 0.25) is 10.0 Å². The molecule has 0 aliphatic carbocycles. The molecule has 0 spiro atoms. The van der Waals surface area contributed by atoms with Gasteiger partial charge in [-0.25, -0.2) is 4.98 Å². The third-order valence-corrected chi connectivity index (χ3v) is 3.63. The van der Waals surface area contributed by atoms with Crippen molar-refractivity contribution in [2.45, 2.75) is 6.54 Å². The lowest BCUT2D eigenvalue weighted by Crippen LogP contribution is -2.21. The second-order valence-electron chi connectivity index (χ2n) is 4.91. The number of nitrogens with one attached hydrogen (secondary N) is 1. The van der Waals surface area contributed by atoms with Crippen LogP contribution in [0.1, 0.15) is 0 Å². The molecular formula is C15H12Cl2N6O2. The van der Waals surface area contributed by atoms with E-state index in [9.17, 15) is 4.79 Å². The van der Waals surface area contributed by atoms with Gasteiger partial charge in [0.1, 0.15) is 12.3 Å². The number of rotatable bonds is 5. The van der Waals surface area contributed by atoms with E-state index in [0.717, 1.165) is 5.56 Å². The van der Waals surface area contributed by atoms with Crippen molar-refractivity contribution in [1.29, 1.82) is 0 Å². The summed E-state index contributed by atoms with van der Waals surface area (Å²) in [4.78, 5) is 17.2.